The molecule has 2 unspecified atom stereocenters. The molecule has 6 heteroatoms. The third-order valence-corrected chi connectivity index (χ3v) is 5.52. The molecule has 0 radical (unpaired) electrons. The third-order valence-electron chi connectivity index (χ3n) is 5.52. The molecule has 29 heavy (non-hydrogen) atoms. The van der Waals surface area contributed by atoms with E-state index in [0.717, 1.165) is 23.3 Å². The largest absolute Gasteiger partial charge is 0.496 e. The molecule has 0 fully saturated rings. The predicted octanol–water partition coefficient (Wildman–Crippen LogP) is 4.46. The van der Waals surface area contributed by atoms with Crippen LogP contribution in [0.1, 0.15) is 55.0 Å². The van der Waals surface area contributed by atoms with Gasteiger partial charge in [0, 0.05) is 12.0 Å². The number of hydrogen-bond acceptors (Lipinski definition) is 4. The van der Waals surface area contributed by atoms with Gasteiger partial charge in [-0.25, -0.2) is 4.68 Å². The molecule has 0 spiro atoms. The lowest BCUT2D eigenvalue weighted by Crippen LogP contribution is -2.42. The maximum absolute atomic E-state index is 13.1. The van der Waals surface area contributed by atoms with Crippen LogP contribution < -0.4 is 9.64 Å². The van der Waals surface area contributed by atoms with E-state index in [-0.39, 0.29) is 18.0 Å². The highest BCUT2D eigenvalue weighted by molar-refractivity contribution is 5.92. The van der Waals surface area contributed by atoms with E-state index in [1.807, 2.05) is 34.7 Å². The fourth-order valence-electron chi connectivity index (χ4n) is 4.09. The van der Waals surface area contributed by atoms with Crippen LogP contribution in [0, 0.1) is 6.92 Å². The van der Waals surface area contributed by atoms with Crippen LogP contribution in [-0.2, 0) is 4.79 Å². The zero-order valence-electron chi connectivity index (χ0n) is 17.1. The summed E-state index contributed by atoms with van der Waals surface area (Å²) in [4.78, 5) is 19.4. The molecule has 0 aliphatic carbocycles. The Morgan fingerprint density at radius 1 is 1.14 bits per heavy atom. The van der Waals surface area contributed by atoms with Crippen molar-refractivity contribution in [1.29, 1.82) is 0 Å². The third kappa shape index (κ3) is 3.50. The number of benzene rings is 2. The lowest BCUT2D eigenvalue weighted by atomic mass is 9.91. The molecule has 2 heterocycles. The van der Waals surface area contributed by atoms with E-state index in [1.165, 1.54) is 11.9 Å². The highest BCUT2D eigenvalue weighted by atomic mass is 16.5. The second-order valence-electron chi connectivity index (χ2n) is 7.44. The zero-order chi connectivity index (χ0) is 20.4. The van der Waals surface area contributed by atoms with E-state index in [4.69, 9.17) is 4.74 Å². The number of nitrogens with zero attached hydrogens (tertiary/aromatic N) is 4. The van der Waals surface area contributed by atoms with Crippen molar-refractivity contribution in [3.63, 3.8) is 0 Å². The number of rotatable bonds is 5. The quantitative estimate of drug-likeness (QED) is 0.645. The van der Waals surface area contributed by atoms with Crippen LogP contribution in [0.4, 0.5) is 5.95 Å². The van der Waals surface area contributed by atoms with E-state index in [0.29, 0.717) is 18.8 Å². The van der Waals surface area contributed by atoms with Crippen LogP contribution in [0.5, 0.6) is 5.75 Å². The van der Waals surface area contributed by atoms with Gasteiger partial charge in [0.25, 0.3) is 0 Å². The van der Waals surface area contributed by atoms with Gasteiger partial charge in [-0.05, 0) is 31.4 Å². The Labute approximate surface area is 171 Å². The van der Waals surface area contributed by atoms with Crippen molar-refractivity contribution in [2.45, 2.75) is 45.2 Å². The number of aromatic nitrogens is 3. The van der Waals surface area contributed by atoms with Gasteiger partial charge in [0.15, 0.2) is 0 Å². The van der Waals surface area contributed by atoms with Gasteiger partial charge in [-0.2, -0.15) is 10.1 Å². The van der Waals surface area contributed by atoms with Gasteiger partial charge in [0.05, 0.1) is 19.2 Å². The Bertz CT molecular complexity index is 996. The molecule has 0 saturated heterocycles. The van der Waals surface area contributed by atoms with Crippen molar-refractivity contribution in [3.05, 3.63) is 71.5 Å². The Balaban J connectivity index is 1.85. The molecule has 6 nitrogen and oxygen atoms in total. The van der Waals surface area contributed by atoms with Gasteiger partial charge in [-0.15, -0.1) is 0 Å². The average Bonchev–Trinajstić information content (AvgIpc) is 3.23. The maximum Gasteiger partial charge on any atom is 0.231 e. The van der Waals surface area contributed by atoms with Crippen molar-refractivity contribution >= 4 is 11.9 Å². The van der Waals surface area contributed by atoms with Crippen molar-refractivity contribution in [3.8, 4) is 5.75 Å². The molecule has 150 valence electrons. The summed E-state index contributed by atoms with van der Waals surface area (Å²) in [7, 11) is 1.68. The Morgan fingerprint density at radius 3 is 2.62 bits per heavy atom. The standard InChI is InChI=1S/C23H26N4O2/c1-4-7-22(28)26-19(17-12-10-16(2)11-13-17)14-20(27-23(26)24-15-25-27)18-8-5-6-9-21(18)29-3/h5-6,8-13,15,19-20H,4,7,14H2,1-3H3. The second-order valence-corrected chi connectivity index (χ2v) is 7.44. The summed E-state index contributed by atoms with van der Waals surface area (Å²) in [5, 5.41) is 4.48. The molecule has 1 amide bonds. The molecule has 3 aromatic rings. The minimum atomic E-state index is -0.110. The van der Waals surface area contributed by atoms with Crippen molar-refractivity contribution in [1.82, 2.24) is 14.8 Å². The lowest BCUT2D eigenvalue weighted by Gasteiger charge is -2.39. The number of fused-ring (bicyclic) bond motifs is 1. The van der Waals surface area contributed by atoms with Crippen molar-refractivity contribution in [2.24, 2.45) is 0 Å². The van der Waals surface area contributed by atoms with E-state index in [1.54, 1.807) is 7.11 Å². The van der Waals surface area contributed by atoms with E-state index in [2.05, 4.69) is 47.3 Å². The summed E-state index contributed by atoms with van der Waals surface area (Å²) >= 11 is 0. The first kappa shape index (κ1) is 19.2. The molecule has 2 atom stereocenters. The van der Waals surface area contributed by atoms with Crippen LogP contribution in [0.15, 0.2) is 54.9 Å². The summed E-state index contributed by atoms with van der Waals surface area (Å²) in [6.07, 6.45) is 3.51. The number of anilines is 1. The van der Waals surface area contributed by atoms with Crippen molar-refractivity contribution < 1.29 is 9.53 Å². The first-order valence-corrected chi connectivity index (χ1v) is 10.0. The van der Waals surface area contributed by atoms with Gasteiger partial charge < -0.3 is 4.74 Å². The number of carbonyl (C=O) groups excluding carboxylic acids is 1. The second kappa shape index (κ2) is 8.07. The fourth-order valence-corrected chi connectivity index (χ4v) is 4.09. The fraction of sp³-hybridized carbons (Fsp3) is 0.348. The predicted molar refractivity (Wildman–Crippen MR) is 112 cm³/mol. The van der Waals surface area contributed by atoms with Crippen LogP contribution in [0.2, 0.25) is 0 Å². The molecule has 0 bridgehead atoms. The number of aryl methyl sites for hydroxylation is 1. The summed E-state index contributed by atoms with van der Waals surface area (Å²) < 4.78 is 7.47. The highest BCUT2D eigenvalue weighted by Crippen LogP contribution is 2.44. The number of carbonyl (C=O) groups is 1. The van der Waals surface area contributed by atoms with Crippen LogP contribution >= 0.6 is 0 Å². The first-order chi connectivity index (χ1) is 14.1. The minimum Gasteiger partial charge on any atom is -0.496 e. The van der Waals surface area contributed by atoms with Crippen LogP contribution in [-0.4, -0.2) is 27.8 Å². The number of hydrogen-bond donors (Lipinski definition) is 0. The molecule has 0 N–H and O–H groups in total. The highest BCUT2D eigenvalue weighted by Gasteiger charge is 2.39. The first-order valence-electron chi connectivity index (χ1n) is 10.0. The van der Waals surface area contributed by atoms with Gasteiger partial charge in [-0.1, -0.05) is 55.0 Å². The molecule has 1 aromatic heterocycles. The van der Waals surface area contributed by atoms with Gasteiger partial charge in [0.2, 0.25) is 11.9 Å². The molecular formula is C23H26N4O2. The molecule has 1 aliphatic heterocycles. The van der Waals surface area contributed by atoms with Crippen LogP contribution in [0.3, 0.4) is 0 Å². The number of para-hydroxylation sites is 1. The summed E-state index contributed by atoms with van der Waals surface area (Å²) in [6, 6.07) is 16.2. The molecule has 2 aromatic carbocycles. The minimum absolute atomic E-state index is 0.0689. The topological polar surface area (TPSA) is 60.2 Å². The summed E-state index contributed by atoms with van der Waals surface area (Å²) in [5.41, 5.74) is 3.34. The summed E-state index contributed by atoms with van der Waals surface area (Å²) in [6.45, 7) is 4.09. The Morgan fingerprint density at radius 2 is 1.90 bits per heavy atom. The number of ether oxygens (including phenoxy) is 1. The van der Waals surface area contributed by atoms with Gasteiger partial charge >= 0.3 is 0 Å². The van der Waals surface area contributed by atoms with Gasteiger partial charge in [-0.3, -0.25) is 9.69 Å². The molecular weight excluding hydrogens is 364 g/mol. The lowest BCUT2D eigenvalue weighted by molar-refractivity contribution is -0.119. The Hall–Kier alpha value is -3.15. The van der Waals surface area contributed by atoms with E-state index in [9.17, 15) is 4.79 Å². The molecule has 4 rings (SSSR count). The summed E-state index contributed by atoms with van der Waals surface area (Å²) in [5.74, 6) is 1.48. The number of methoxy groups -OCH3 is 1. The SMILES string of the molecule is CCCC(=O)N1c2ncnn2C(c2ccccc2OC)CC1c1ccc(C)cc1. The monoisotopic (exact) mass is 390 g/mol. The average molecular weight is 390 g/mol. The van der Waals surface area contributed by atoms with E-state index < -0.39 is 0 Å². The number of amides is 1. The Kier molecular flexibility index (Phi) is 5.34. The molecule has 0 saturated carbocycles. The smallest absolute Gasteiger partial charge is 0.231 e. The zero-order valence-corrected chi connectivity index (χ0v) is 17.1. The maximum atomic E-state index is 13.1. The van der Waals surface area contributed by atoms with Crippen LogP contribution in [0.25, 0.3) is 0 Å². The normalized spacial score (nSPS) is 18.4. The molecule has 1 aliphatic rings. The van der Waals surface area contributed by atoms with Gasteiger partial charge in [0.1, 0.15) is 12.1 Å². The van der Waals surface area contributed by atoms with E-state index >= 15 is 0 Å². The van der Waals surface area contributed by atoms with Crippen molar-refractivity contribution in [2.75, 3.05) is 12.0 Å².